The number of non-ortho nitro benzene ring substituents is 1. The van der Waals surface area contributed by atoms with Crippen molar-refractivity contribution in [2.75, 3.05) is 26.2 Å². The zero-order valence-electron chi connectivity index (χ0n) is 11.2. The lowest BCUT2D eigenvalue weighted by Crippen LogP contribution is -2.38. The number of aliphatic hydroxyl groups is 1. The van der Waals surface area contributed by atoms with Crippen molar-refractivity contribution in [3.8, 4) is 0 Å². The van der Waals surface area contributed by atoms with E-state index in [9.17, 15) is 14.9 Å². The first-order valence-corrected chi connectivity index (χ1v) is 6.71. The van der Waals surface area contributed by atoms with Crippen LogP contribution >= 0.6 is 0 Å². The van der Waals surface area contributed by atoms with E-state index in [1.165, 1.54) is 18.2 Å². The summed E-state index contributed by atoms with van der Waals surface area (Å²) in [7, 11) is 0. The summed E-state index contributed by atoms with van der Waals surface area (Å²) in [5.41, 5.74) is 0.318. The van der Waals surface area contributed by atoms with Crippen LogP contribution in [0.2, 0.25) is 0 Å². The Morgan fingerprint density at radius 2 is 2.10 bits per heavy atom. The summed E-state index contributed by atoms with van der Waals surface area (Å²) in [6.07, 6.45) is 1.78. The Bertz CT molecular complexity index is 496. The minimum Gasteiger partial charge on any atom is -0.396 e. The van der Waals surface area contributed by atoms with Crippen molar-refractivity contribution in [2.24, 2.45) is 5.92 Å². The van der Waals surface area contributed by atoms with Crippen molar-refractivity contribution in [1.82, 2.24) is 4.90 Å². The molecule has 1 N–H and O–H groups in total. The van der Waals surface area contributed by atoms with Gasteiger partial charge in [0.05, 0.1) is 11.5 Å². The lowest BCUT2D eigenvalue weighted by molar-refractivity contribution is -0.384. The van der Waals surface area contributed by atoms with Crippen LogP contribution in [0.25, 0.3) is 0 Å². The fraction of sp³-hybridized carbons (Fsp3) is 0.500. The summed E-state index contributed by atoms with van der Waals surface area (Å²) in [4.78, 5) is 24.4. The van der Waals surface area contributed by atoms with Gasteiger partial charge in [-0.2, -0.15) is 0 Å². The molecule has 0 atom stereocenters. The Morgan fingerprint density at radius 1 is 1.40 bits per heavy atom. The summed E-state index contributed by atoms with van der Waals surface area (Å²) in [5, 5.41) is 19.8. The number of hydrogen-bond acceptors (Lipinski definition) is 5. The van der Waals surface area contributed by atoms with Gasteiger partial charge in [0.2, 0.25) is 0 Å². The number of ketones is 1. The molecule has 2 rings (SSSR count). The highest BCUT2D eigenvalue weighted by atomic mass is 16.6. The first kappa shape index (κ1) is 14.6. The molecule has 0 unspecified atom stereocenters. The zero-order chi connectivity index (χ0) is 14.5. The molecule has 0 saturated carbocycles. The van der Waals surface area contributed by atoms with Crippen LogP contribution in [0.5, 0.6) is 0 Å². The van der Waals surface area contributed by atoms with Gasteiger partial charge >= 0.3 is 0 Å². The molecule has 1 saturated heterocycles. The smallest absolute Gasteiger partial charge is 0.270 e. The number of benzene rings is 1. The number of piperidine rings is 1. The lowest BCUT2D eigenvalue weighted by Gasteiger charge is -2.30. The zero-order valence-corrected chi connectivity index (χ0v) is 11.2. The van der Waals surface area contributed by atoms with Crippen LogP contribution in [0.15, 0.2) is 24.3 Å². The predicted octanol–water partition coefficient (Wildman–Crippen LogP) is 1.48. The maximum atomic E-state index is 12.1. The van der Waals surface area contributed by atoms with Crippen LogP contribution in [-0.2, 0) is 0 Å². The summed E-state index contributed by atoms with van der Waals surface area (Å²) >= 11 is 0. The molecule has 6 nitrogen and oxygen atoms in total. The van der Waals surface area contributed by atoms with Gasteiger partial charge < -0.3 is 5.11 Å². The Balaban J connectivity index is 1.95. The monoisotopic (exact) mass is 278 g/mol. The Hall–Kier alpha value is -1.79. The fourth-order valence-electron chi connectivity index (χ4n) is 2.41. The van der Waals surface area contributed by atoms with E-state index in [0.29, 0.717) is 11.5 Å². The molecule has 0 aliphatic carbocycles. The highest BCUT2D eigenvalue weighted by Crippen LogP contribution is 2.18. The highest BCUT2D eigenvalue weighted by molar-refractivity contribution is 5.98. The highest BCUT2D eigenvalue weighted by Gasteiger charge is 2.21. The van der Waals surface area contributed by atoms with E-state index >= 15 is 0 Å². The van der Waals surface area contributed by atoms with E-state index in [0.717, 1.165) is 25.9 Å². The molecule has 20 heavy (non-hydrogen) atoms. The normalized spacial score (nSPS) is 17.1. The fourth-order valence-corrected chi connectivity index (χ4v) is 2.41. The molecule has 0 amide bonds. The van der Waals surface area contributed by atoms with Crippen LogP contribution in [0.4, 0.5) is 5.69 Å². The van der Waals surface area contributed by atoms with E-state index in [4.69, 9.17) is 5.11 Å². The third-order valence-corrected chi connectivity index (χ3v) is 3.71. The van der Waals surface area contributed by atoms with Gasteiger partial charge in [-0.15, -0.1) is 0 Å². The SMILES string of the molecule is O=C(CN1CCC(CO)CC1)c1cccc([N+](=O)[O-])c1. The maximum Gasteiger partial charge on any atom is 0.270 e. The molecule has 0 spiro atoms. The molecule has 1 aliphatic rings. The second-order valence-electron chi connectivity index (χ2n) is 5.13. The minimum atomic E-state index is -0.497. The third kappa shape index (κ3) is 3.61. The van der Waals surface area contributed by atoms with Crippen molar-refractivity contribution in [2.45, 2.75) is 12.8 Å². The third-order valence-electron chi connectivity index (χ3n) is 3.71. The molecule has 1 aromatic carbocycles. The van der Waals surface area contributed by atoms with Crippen LogP contribution < -0.4 is 0 Å². The van der Waals surface area contributed by atoms with Gasteiger partial charge in [0.25, 0.3) is 5.69 Å². The molecule has 0 bridgehead atoms. The van der Waals surface area contributed by atoms with Gasteiger partial charge in [-0.05, 0) is 31.8 Å². The minimum absolute atomic E-state index is 0.0603. The summed E-state index contributed by atoms with van der Waals surface area (Å²) in [6, 6.07) is 5.84. The first-order valence-electron chi connectivity index (χ1n) is 6.71. The molecule has 0 aromatic heterocycles. The largest absolute Gasteiger partial charge is 0.396 e. The van der Waals surface area contributed by atoms with E-state index in [1.807, 2.05) is 4.90 Å². The van der Waals surface area contributed by atoms with Crippen LogP contribution in [0, 0.1) is 16.0 Å². The number of aliphatic hydroxyl groups excluding tert-OH is 1. The van der Waals surface area contributed by atoms with E-state index < -0.39 is 4.92 Å². The number of carbonyl (C=O) groups excluding carboxylic acids is 1. The second kappa shape index (κ2) is 6.58. The number of nitro groups is 1. The predicted molar refractivity (Wildman–Crippen MR) is 73.7 cm³/mol. The van der Waals surface area contributed by atoms with Gasteiger partial charge in [-0.1, -0.05) is 12.1 Å². The number of rotatable bonds is 5. The van der Waals surface area contributed by atoms with Gasteiger partial charge in [0.15, 0.2) is 5.78 Å². The van der Waals surface area contributed by atoms with Crippen LogP contribution in [0.3, 0.4) is 0 Å². The van der Waals surface area contributed by atoms with Crippen molar-refractivity contribution in [3.05, 3.63) is 39.9 Å². The molecule has 1 fully saturated rings. The number of carbonyl (C=O) groups is 1. The average molecular weight is 278 g/mol. The summed E-state index contributed by atoms with van der Waals surface area (Å²) in [6.45, 7) is 2.05. The standard InChI is InChI=1S/C14H18N2O4/c17-10-11-4-6-15(7-5-11)9-14(18)12-2-1-3-13(8-12)16(19)20/h1-3,8,11,17H,4-7,9-10H2. The van der Waals surface area contributed by atoms with Crippen molar-refractivity contribution in [3.63, 3.8) is 0 Å². The van der Waals surface area contributed by atoms with Gasteiger partial charge in [0.1, 0.15) is 0 Å². The van der Waals surface area contributed by atoms with Crippen LogP contribution in [-0.4, -0.2) is 47.0 Å². The number of nitro benzene ring substituents is 1. The molecule has 0 radical (unpaired) electrons. The number of likely N-dealkylation sites (tertiary alicyclic amines) is 1. The Kier molecular flexibility index (Phi) is 4.81. The van der Waals surface area contributed by atoms with Crippen molar-refractivity contribution < 1.29 is 14.8 Å². The van der Waals surface area contributed by atoms with Crippen molar-refractivity contribution >= 4 is 11.5 Å². The quantitative estimate of drug-likeness (QED) is 0.501. The Labute approximate surface area is 117 Å². The summed E-state index contributed by atoms with van der Waals surface area (Å²) in [5.74, 6) is 0.232. The van der Waals surface area contributed by atoms with E-state index in [-0.39, 0.29) is 24.6 Å². The van der Waals surface area contributed by atoms with E-state index in [1.54, 1.807) is 6.07 Å². The molecule has 1 heterocycles. The van der Waals surface area contributed by atoms with Gasteiger partial charge in [-0.25, -0.2) is 0 Å². The summed E-state index contributed by atoms with van der Waals surface area (Å²) < 4.78 is 0. The Morgan fingerprint density at radius 3 is 2.70 bits per heavy atom. The molecule has 1 aliphatic heterocycles. The number of nitrogens with zero attached hydrogens (tertiary/aromatic N) is 2. The molecule has 1 aromatic rings. The topological polar surface area (TPSA) is 83.7 Å². The average Bonchev–Trinajstić information content (AvgIpc) is 2.48. The molecular weight excluding hydrogens is 260 g/mol. The molecular formula is C14H18N2O4. The molecule has 108 valence electrons. The van der Waals surface area contributed by atoms with Gasteiger partial charge in [-0.3, -0.25) is 19.8 Å². The first-order chi connectivity index (χ1) is 9.60. The van der Waals surface area contributed by atoms with Crippen LogP contribution in [0.1, 0.15) is 23.2 Å². The molecule has 6 heteroatoms. The number of hydrogen-bond donors (Lipinski definition) is 1. The van der Waals surface area contributed by atoms with Gasteiger partial charge in [0, 0.05) is 24.3 Å². The van der Waals surface area contributed by atoms with Crippen molar-refractivity contribution in [1.29, 1.82) is 0 Å². The second-order valence-corrected chi connectivity index (χ2v) is 5.13. The van der Waals surface area contributed by atoms with E-state index in [2.05, 4.69) is 0 Å². The maximum absolute atomic E-state index is 12.1. The number of Topliss-reactive ketones (excluding diaryl/α,β-unsaturated/α-hetero) is 1. The lowest BCUT2D eigenvalue weighted by atomic mass is 9.97.